The summed E-state index contributed by atoms with van der Waals surface area (Å²) < 4.78 is 1.78. The Kier molecular flexibility index (Phi) is 5.37. The fourth-order valence-electron chi connectivity index (χ4n) is 3.42. The summed E-state index contributed by atoms with van der Waals surface area (Å²) in [6.07, 6.45) is 7.68. The van der Waals surface area contributed by atoms with Gasteiger partial charge in [0.05, 0.1) is 5.56 Å². The Morgan fingerprint density at radius 3 is 2.03 bits per heavy atom. The van der Waals surface area contributed by atoms with Crippen LogP contribution in [-0.2, 0) is 6.42 Å². The number of rotatable bonds is 4. The first-order chi connectivity index (χ1) is 14.2. The van der Waals surface area contributed by atoms with E-state index in [1.165, 1.54) is 5.56 Å². The van der Waals surface area contributed by atoms with E-state index in [1.807, 2.05) is 29.2 Å². The number of aryl methyl sites for hydroxylation is 1. The van der Waals surface area contributed by atoms with Crippen LogP contribution in [0.1, 0.15) is 33.2 Å². The Hall–Kier alpha value is -3.48. The second-order valence-electron chi connectivity index (χ2n) is 7.01. The number of hydrogen-bond donors (Lipinski definition) is 0. The molecule has 2 aromatic heterocycles. The Balaban J connectivity index is 1.36. The quantitative estimate of drug-likeness (QED) is 0.687. The first kappa shape index (κ1) is 18.9. The smallest absolute Gasteiger partial charge is 0.255 e. The van der Waals surface area contributed by atoms with Crippen molar-refractivity contribution in [3.05, 3.63) is 78.0 Å². The minimum absolute atomic E-state index is 0.0195. The van der Waals surface area contributed by atoms with E-state index in [9.17, 15) is 9.59 Å². The van der Waals surface area contributed by atoms with Crippen LogP contribution in [0.5, 0.6) is 0 Å². The van der Waals surface area contributed by atoms with Crippen LogP contribution in [0.2, 0.25) is 0 Å². The van der Waals surface area contributed by atoms with Crippen LogP contribution in [0.4, 0.5) is 0 Å². The molecule has 0 saturated carbocycles. The van der Waals surface area contributed by atoms with Gasteiger partial charge in [0, 0.05) is 50.3 Å². The maximum atomic E-state index is 12.8. The number of hydrogen-bond acceptors (Lipinski definition) is 4. The van der Waals surface area contributed by atoms with Crippen LogP contribution in [0.25, 0.3) is 5.82 Å². The molecule has 1 fully saturated rings. The topological polar surface area (TPSA) is 71.3 Å². The molecule has 0 N–H and O–H groups in total. The molecule has 0 radical (unpaired) electrons. The fourth-order valence-corrected chi connectivity index (χ4v) is 3.42. The highest BCUT2D eigenvalue weighted by molar-refractivity contribution is 5.96. The van der Waals surface area contributed by atoms with Crippen molar-refractivity contribution in [2.75, 3.05) is 26.2 Å². The first-order valence-corrected chi connectivity index (χ1v) is 9.77. The van der Waals surface area contributed by atoms with Gasteiger partial charge in [0.15, 0.2) is 0 Å². The Labute approximate surface area is 169 Å². The van der Waals surface area contributed by atoms with E-state index in [0.717, 1.165) is 6.42 Å². The predicted octanol–water partition coefficient (Wildman–Crippen LogP) is 2.43. The second kappa shape index (κ2) is 8.26. The van der Waals surface area contributed by atoms with Gasteiger partial charge in [-0.15, -0.1) is 0 Å². The number of carbonyl (C=O) groups is 2. The number of pyridine rings is 1. The molecular weight excluding hydrogens is 366 g/mol. The molecule has 1 aliphatic rings. The van der Waals surface area contributed by atoms with E-state index in [4.69, 9.17) is 0 Å². The number of carbonyl (C=O) groups excluding carboxylic acids is 2. The fraction of sp³-hybridized carbons (Fsp3) is 0.273. The van der Waals surface area contributed by atoms with E-state index in [0.29, 0.717) is 43.1 Å². The highest BCUT2D eigenvalue weighted by atomic mass is 16.2. The monoisotopic (exact) mass is 389 g/mol. The average Bonchev–Trinajstić information content (AvgIpc) is 3.33. The third-order valence-corrected chi connectivity index (χ3v) is 5.23. The maximum absolute atomic E-state index is 12.8. The molecule has 2 amide bonds. The van der Waals surface area contributed by atoms with Crippen LogP contribution in [0.3, 0.4) is 0 Å². The van der Waals surface area contributed by atoms with Crippen molar-refractivity contribution < 1.29 is 9.59 Å². The Bertz CT molecular complexity index is 973. The van der Waals surface area contributed by atoms with Gasteiger partial charge in [0.2, 0.25) is 0 Å². The van der Waals surface area contributed by atoms with Crippen molar-refractivity contribution in [2.24, 2.45) is 0 Å². The molecule has 7 heteroatoms. The summed E-state index contributed by atoms with van der Waals surface area (Å²) >= 11 is 0. The molecule has 148 valence electrons. The van der Waals surface area contributed by atoms with Gasteiger partial charge in [-0.25, -0.2) is 9.97 Å². The molecular formula is C22H23N5O2. The first-order valence-electron chi connectivity index (χ1n) is 9.77. The molecule has 4 rings (SSSR count). The highest BCUT2D eigenvalue weighted by Gasteiger charge is 2.25. The lowest BCUT2D eigenvalue weighted by molar-refractivity contribution is 0.0535. The predicted molar refractivity (Wildman–Crippen MR) is 109 cm³/mol. The van der Waals surface area contributed by atoms with Gasteiger partial charge in [-0.1, -0.05) is 19.1 Å². The van der Waals surface area contributed by atoms with Crippen LogP contribution >= 0.6 is 0 Å². The number of benzene rings is 1. The largest absolute Gasteiger partial charge is 0.335 e. The Morgan fingerprint density at radius 2 is 1.52 bits per heavy atom. The molecule has 0 spiro atoms. The average molecular weight is 389 g/mol. The molecule has 0 aliphatic carbocycles. The lowest BCUT2D eigenvalue weighted by atomic mass is 10.1. The number of imidazole rings is 1. The minimum atomic E-state index is -0.0610. The molecule has 0 atom stereocenters. The number of piperazine rings is 1. The van der Waals surface area contributed by atoms with Gasteiger partial charge in [-0.05, 0) is 36.2 Å². The number of aromatic nitrogens is 3. The van der Waals surface area contributed by atoms with Gasteiger partial charge in [-0.3, -0.25) is 14.2 Å². The summed E-state index contributed by atoms with van der Waals surface area (Å²) in [7, 11) is 0. The van der Waals surface area contributed by atoms with E-state index < -0.39 is 0 Å². The molecule has 3 aromatic rings. The number of amides is 2. The van der Waals surface area contributed by atoms with E-state index in [-0.39, 0.29) is 11.8 Å². The maximum Gasteiger partial charge on any atom is 0.255 e. The van der Waals surface area contributed by atoms with Crippen molar-refractivity contribution >= 4 is 11.8 Å². The van der Waals surface area contributed by atoms with Crippen LogP contribution < -0.4 is 0 Å². The highest BCUT2D eigenvalue weighted by Crippen LogP contribution is 2.14. The van der Waals surface area contributed by atoms with Crippen molar-refractivity contribution in [1.29, 1.82) is 0 Å². The molecule has 1 aliphatic heterocycles. The standard InChI is InChI=1S/C22H23N5O2/c1-2-17-3-5-18(6-4-17)21(28)25-11-13-26(14-12-25)22(29)19-7-8-20(24-15-19)27-10-9-23-16-27/h3-10,15-16H,2,11-14H2,1H3. The van der Waals surface area contributed by atoms with E-state index in [1.54, 1.807) is 46.5 Å². The van der Waals surface area contributed by atoms with Crippen LogP contribution in [0, 0.1) is 0 Å². The van der Waals surface area contributed by atoms with Gasteiger partial charge in [-0.2, -0.15) is 0 Å². The third-order valence-electron chi connectivity index (χ3n) is 5.23. The summed E-state index contributed by atoms with van der Waals surface area (Å²) in [5.41, 5.74) is 2.45. The van der Waals surface area contributed by atoms with Crippen LogP contribution in [-0.4, -0.2) is 62.3 Å². The SMILES string of the molecule is CCc1ccc(C(=O)N2CCN(C(=O)c3ccc(-n4ccnc4)nc3)CC2)cc1. The zero-order valence-electron chi connectivity index (χ0n) is 16.4. The molecule has 3 heterocycles. The van der Waals surface area contributed by atoms with Crippen molar-refractivity contribution in [3.8, 4) is 5.82 Å². The zero-order valence-corrected chi connectivity index (χ0v) is 16.4. The molecule has 1 saturated heterocycles. The summed E-state index contributed by atoms with van der Waals surface area (Å²) in [6, 6.07) is 11.3. The summed E-state index contributed by atoms with van der Waals surface area (Å²) in [6.45, 7) is 4.18. The molecule has 7 nitrogen and oxygen atoms in total. The van der Waals surface area contributed by atoms with Crippen molar-refractivity contribution in [2.45, 2.75) is 13.3 Å². The summed E-state index contributed by atoms with van der Waals surface area (Å²) in [5, 5.41) is 0. The second-order valence-corrected chi connectivity index (χ2v) is 7.01. The normalized spacial score (nSPS) is 14.1. The van der Waals surface area contributed by atoms with Gasteiger partial charge < -0.3 is 9.80 Å². The third kappa shape index (κ3) is 4.03. The zero-order chi connectivity index (χ0) is 20.2. The van der Waals surface area contributed by atoms with Gasteiger partial charge in [0.1, 0.15) is 12.1 Å². The Morgan fingerprint density at radius 1 is 0.897 bits per heavy atom. The van der Waals surface area contributed by atoms with Crippen molar-refractivity contribution in [3.63, 3.8) is 0 Å². The molecule has 1 aromatic carbocycles. The lowest BCUT2D eigenvalue weighted by Crippen LogP contribution is -2.50. The minimum Gasteiger partial charge on any atom is -0.335 e. The van der Waals surface area contributed by atoms with Crippen molar-refractivity contribution in [1.82, 2.24) is 24.3 Å². The van der Waals surface area contributed by atoms with Gasteiger partial charge >= 0.3 is 0 Å². The number of nitrogens with zero attached hydrogens (tertiary/aromatic N) is 5. The molecule has 0 unspecified atom stereocenters. The summed E-state index contributed by atoms with van der Waals surface area (Å²) in [4.78, 5) is 37.4. The van der Waals surface area contributed by atoms with E-state index >= 15 is 0 Å². The van der Waals surface area contributed by atoms with Crippen LogP contribution in [0.15, 0.2) is 61.3 Å². The lowest BCUT2D eigenvalue weighted by Gasteiger charge is -2.34. The van der Waals surface area contributed by atoms with E-state index in [2.05, 4.69) is 16.9 Å². The molecule has 29 heavy (non-hydrogen) atoms. The summed E-state index contributed by atoms with van der Waals surface area (Å²) in [5.74, 6) is 0.670. The van der Waals surface area contributed by atoms with Gasteiger partial charge in [0.25, 0.3) is 11.8 Å². The molecule has 0 bridgehead atoms.